The molecule has 0 fully saturated rings. The van der Waals surface area contributed by atoms with E-state index >= 15 is 0 Å². The number of benzene rings is 2. The van der Waals surface area contributed by atoms with E-state index in [-0.39, 0.29) is 22.7 Å². The summed E-state index contributed by atoms with van der Waals surface area (Å²) in [7, 11) is -0.586. The topological polar surface area (TPSA) is 105 Å². The Hall–Kier alpha value is -3.04. The van der Waals surface area contributed by atoms with Crippen molar-refractivity contribution in [3.8, 4) is 11.5 Å². The van der Waals surface area contributed by atoms with Gasteiger partial charge in [0.25, 0.3) is 5.91 Å². The van der Waals surface area contributed by atoms with Crippen molar-refractivity contribution in [2.45, 2.75) is 18.7 Å². The number of aromatic nitrogens is 2. The highest BCUT2D eigenvalue weighted by molar-refractivity contribution is 7.89. The first-order chi connectivity index (χ1) is 13.2. The van der Waals surface area contributed by atoms with Gasteiger partial charge < -0.3 is 4.42 Å². The Bertz CT molecular complexity index is 1120. The number of nitrogens with one attached hydrogen (secondary N) is 1. The number of hydrogen-bond donors (Lipinski definition) is 1. The Kier molecular flexibility index (Phi) is 5.30. The number of sulfonamides is 1. The number of anilines is 1. The van der Waals surface area contributed by atoms with E-state index in [0.717, 1.165) is 15.4 Å². The van der Waals surface area contributed by atoms with E-state index in [1.165, 1.54) is 26.2 Å². The Morgan fingerprint density at radius 1 is 1.00 bits per heavy atom. The van der Waals surface area contributed by atoms with Gasteiger partial charge in [-0.2, -0.15) is 0 Å². The monoisotopic (exact) mass is 400 g/mol. The molecular formula is C19H20N4O4S. The molecule has 1 heterocycles. The van der Waals surface area contributed by atoms with E-state index in [2.05, 4.69) is 15.5 Å². The van der Waals surface area contributed by atoms with Crippen molar-refractivity contribution in [1.29, 1.82) is 0 Å². The standard InChI is InChI=1S/C19H20N4O4S/c1-12-5-6-15(11-13(12)2)17(24)20-19-22-21-18(27-19)14-7-9-16(10-8-14)28(25,26)23(3)4/h5-11H,1-4H3,(H,20,22,24). The minimum absolute atomic E-state index is 0.0387. The molecular weight excluding hydrogens is 380 g/mol. The molecule has 0 aliphatic rings. The molecule has 3 rings (SSSR count). The fraction of sp³-hybridized carbons (Fsp3) is 0.211. The van der Waals surface area contributed by atoms with Gasteiger partial charge in [0.2, 0.25) is 15.9 Å². The lowest BCUT2D eigenvalue weighted by atomic mass is 10.1. The van der Waals surface area contributed by atoms with Gasteiger partial charge in [0, 0.05) is 25.2 Å². The molecule has 8 nitrogen and oxygen atoms in total. The van der Waals surface area contributed by atoms with Crippen LogP contribution in [0.4, 0.5) is 6.01 Å². The summed E-state index contributed by atoms with van der Waals surface area (Å²) in [6.07, 6.45) is 0. The summed E-state index contributed by atoms with van der Waals surface area (Å²) in [5.41, 5.74) is 3.13. The van der Waals surface area contributed by atoms with Crippen molar-refractivity contribution in [2.75, 3.05) is 19.4 Å². The van der Waals surface area contributed by atoms with E-state index in [9.17, 15) is 13.2 Å². The third kappa shape index (κ3) is 3.95. The quantitative estimate of drug-likeness (QED) is 0.706. The zero-order chi connectivity index (χ0) is 20.5. The minimum atomic E-state index is -3.51. The van der Waals surface area contributed by atoms with Crippen LogP contribution in [0.5, 0.6) is 0 Å². The van der Waals surface area contributed by atoms with Crippen molar-refractivity contribution in [3.05, 3.63) is 59.2 Å². The largest absolute Gasteiger partial charge is 0.403 e. The van der Waals surface area contributed by atoms with Crippen molar-refractivity contribution in [2.24, 2.45) is 0 Å². The van der Waals surface area contributed by atoms with Gasteiger partial charge in [0.1, 0.15) is 0 Å². The molecule has 0 aliphatic heterocycles. The Labute approximate surface area is 163 Å². The smallest absolute Gasteiger partial charge is 0.322 e. The summed E-state index contributed by atoms with van der Waals surface area (Å²) in [5.74, 6) is -0.185. The maximum absolute atomic E-state index is 12.3. The lowest BCUT2D eigenvalue weighted by Crippen LogP contribution is -2.22. The second kappa shape index (κ2) is 7.53. The van der Waals surface area contributed by atoms with Crippen LogP contribution in [0.2, 0.25) is 0 Å². The van der Waals surface area contributed by atoms with Crippen molar-refractivity contribution < 1.29 is 17.6 Å². The molecule has 1 aromatic heterocycles. The van der Waals surface area contributed by atoms with Gasteiger partial charge in [-0.25, -0.2) is 12.7 Å². The maximum atomic E-state index is 12.3. The molecule has 3 aromatic rings. The number of aryl methyl sites for hydroxylation is 2. The zero-order valence-corrected chi connectivity index (χ0v) is 16.7. The predicted molar refractivity (Wildman–Crippen MR) is 104 cm³/mol. The summed E-state index contributed by atoms with van der Waals surface area (Å²) in [6, 6.07) is 11.4. The van der Waals surface area contributed by atoms with Crippen LogP contribution in [0.3, 0.4) is 0 Å². The van der Waals surface area contributed by atoms with Crippen LogP contribution in [0.25, 0.3) is 11.5 Å². The lowest BCUT2D eigenvalue weighted by molar-refractivity contribution is 0.102. The van der Waals surface area contributed by atoms with Gasteiger partial charge in [0.15, 0.2) is 0 Å². The van der Waals surface area contributed by atoms with Crippen LogP contribution in [-0.4, -0.2) is 42.9 Å². The molecule has 0 radical (unpaired) electrons. The Morgan fingerprint density at radius 3 is 2.29 bits per heavy atom. The van der Waals surface area contributed by atoms with Gasteiger partial charge in [0.05, 0.1) is 4.90 Å². The maximum Gasteiger partial charge on any atom is 0.322 e. The molecule has 146 valence electrons. The summed E-state index contributed by atoms with van der Waals surface area (Å²) in [5, 5.41) is 10.3. The zero-order valence-electron chi connectivity index (χ0n) is 15.9. The van der Waals surface area contributed by atoms with E-state index in [1.54, 1.807) is 24.3 Å². The molecule has 0 spiro atoms. The molecule has 0 bridgehead atoms. The van der Waals surface area contributed by atoms with E-state index < -0.39 is 10.0 Å². The van der Waals surface area contributed by atoms with Crippen LogP contribution in [0.1, 0.15) is 21.5 Å². The number of carbonyl (C=O) groups excluding carboxylic acids is 1. The third-order valence-corrected chi connectivity index (χ3v) is 6.12. The summed E-state index contributed by atoms with van der Waals surface area (Å²) in [4.78, 5) is 12.5. The highest BCUT2D eigenvalue weighted by atomic mass is 32.2. The summed E-state index contributed by atoms with van der Waals surface area (Å²) < 4.78 is 30.8. The SMILES string of the molecule is Cc1ccc(C(=O)Nc2nnc(-c3ccc(S(=O)(=O)N(C)C)cc3)o2)cc1C. The van der Waals surface area contributed by atoms with Gasteiger partial charge in [-0.1, -0.05) is 11.2 Å². The Balaban J connectivity index is 1.77. The fourth-order valence-corrected chi connectivity index (χ4v) is 3.32. The molecule has 28 heavy (non-hydrogen) atoms. The average Bonchev–Trinajstić information content (AvgIpc) is 3.12. The van der Waals surface area contributed by atoms with Crippen molar-refractivity contribution in [3.63, 3.8) is 0 Å². The fourth-order valence-electron chi connectivity index (χ4n) is 2.42. The van der Waals surface area contributed by atoms with E-state index in [1.807, 2.05) is 19.9 Å². The first-order valence-corrected chi connectivity index (χ1v) is 9.87. The molecule has 9 heteroatoms. The van der Waals surface area contributed by atoms with E-state index in [0.29, 0.717) is 11.1 Å². The average molecular weight is 400 g/mol. The molecule has 1 amide bonds. The number of nitrogens with zero attached hydrogens (tertiary/aromatic N) is 3. The minimum Gasteiger partial charge on any atom is -0.403 e. The number of hydrogen-bond acceptors (Lipinski definition) is 6. The predicted octanol–water partition coefficient (Wildman–Crippen LogP) is 2.86. The van der Waals surface area contributed by atoms with Gasteiger partial charge >= 0.3 is 6.01 Å². The number of rotatable bonds is 5. The molecule has 0 aliphatic carbocycles. The van der Waals surface area contributed by atoms with Gasteiger partial charge in [-0.05, 0) is 61.4 Å². The van der Waals surface area contributed by atoms with Crippen LogP contribution in [-0.2, 0) is 10.0 Å². The van der Waals surface area contributed by atoms with Crippen molar-refractivity contribution >= 4 is 21.9 Å². The summed E-state index contributed by atoms with van der Waals surface area (Å²) >= 11 is 0. The van der Waals surface area contributed by atoms with E-state index in [4.69, 9.17) is 4.42 Å². The third-order valence-electron chi connectivity index (χ3n) is 4.29. The normalized spacial score (nSPS) is 11.6. The summed E-state index contributed by atoms with van der Waals surface area (Å²) in [6.45, 7) is 3.90. The van der Waals surface area contributed by atoms with Crippen LogP contribution >= 0.6 is 0 Å². The van der Waals surface area contributed by atoms with Gasteiger partial charge in [-0.3, -0.25) is 10.1 Å². The second-order valence-corrected chi connectivity index (χ2v) is 8.63. The highest BCUT2D eigenvalue weighted by Gasteiger charge is 2.18. The molecule has 0 unspecified atom stereocenters. The molecule has 2 aromatic carbocycles. The number of amides is 1. The van der Waals surface area contributed by atoms with Crippen molar-refractivity contribution in [1.82, 2.24) is 14.5 Å². The molecule has 1 N–H and O–H groups in total. The highest BCUT2D eigenvalue weighted by Crippen LogP contribution is 2.23. The molecule has 0 saturated carbocycles. The molecule has 0 saturated heterocycles. The van der Waals surface area contributed by atoms with Crippen LogP contribution in [0.15, 0.2) is 51.8 Å². The lowest BCUT2D eigenvalue weighted by Gasteiger charge is -2.11. The second-order valence-electron chi connectivity index (χ2n) is 6.48. The van der Waals surface area contributed by atoms with Crippen LogP contribution < -0.4 is 5.32 Å². The number of carbonyl (C=O) groups is 1. The first-order valence-electron chi connectivity index (χ1n) is 8.43. The molecule has 0 atom stereocenters. The van der Waals surface area contributed by atoms with Crippen LogP contribution in [0, 0.1) is 13.8 Å². The first kappa shape index (κ1) is 19.7. The Morgan fingerprint density at radius 2 is 1.68 bits per heavy atom. The van der Waals surface area contributed by atoms with Gasteiger partial charge in [-0.15, -0.1) is 5.10 Å².